The molecule has 30 heavy (non-hydrogen) atoms. The molecule has 0 aliphatic carbocycles. The molecule has 3 aromatic rings. The van der Waals surface area contributed by atoms with Gasteiger partial charge in [-0.3, -0.25) is 9.59 Å². The summed E-state index contributed by atoms with van der Waals surface area (Å²) in [4.78, 5) is 24.6. The lowest BCUT2D eigenvalue weighted by atomic mass is 10.1. The van der Waals surface area contributed by atoms with Crippen molar-refractivity contribution in [2.24, 2.45) is 0 Å². The normalized spacial score (nSPS) is 11.4. The number of nitrogens with one attached hydrogen (secondary N) is 2. The lowest BCUT2D eigenvalue weighted by molar-refractivity contribution is -0.118. The summed E-state index contributed by atoms with van der Waals surface area (Å²) in [5, 5.41) is 5.75. The van der Waals surface area contributed by atoms with E-state index < -0.39 is 0 Å². The molecule has 0 saturated carbocycles. The van der Waals surface area contributed by atoms with Gasteiger partial charge in [0.1, 0.15) is 5.75 Å². The predicted molar refractivity (Wildman–Crippen MR) is 119 cm³/mol. The number of rotatable bonds is 7. The second kappa shape index (κ2) is 9.74. The van der Waals surface area contributed by atoms with Crippen molar-refractivity contribution in [3.05, 3.63) is 95.1 Å². The van der Waals surface area contributed by atoms with E-state index in [1.807, 2.05) is 69.3 Å². The summed E-state index contributed by atoms with van der Waals surface area (Å²) < 4.78 is 5.57. The molecule has 3 rings (SSSR count). The van der Waals surface area contributed by atoms with E-state index in [-0.39, 0.29) is 24.5 Å². The first-order valence-electron chi connectivity index (χ1n) is 9.87. The standard InChI is InChI=1S/C25H26N2O3/c1-17-13-18(2)15-23(14-17)30-16-24(28)27-22-11-9-21(10-12-22)25(29)26-19(3)20-7-5-4-6-8-20/h4-15,19H,16H2,1-3H3,(H,26,29)(H,27,28). The topological polar surface area (TPSA) is 67.4 Å². The van der Waals surface area contributed by atoms with Crippen LogP contribution in [-0.2, 0) is 4.79 Å². The predicted octanol–water partition coefficient (Wildman–Crippen LogP) is 4.81. The van der Waals surface area contributed by atoms with Crippen molar-refractivity contribution in [2.45, 2.75) is 26.8 Å². The van der Waals surface area contributed by atoms with E-state index in [9.17, 15) is 9.59 Å². The third-order valence-electron chi connectivity index (χ3n) is 4.64. The Morgan fingerprint density at radius 2 is 1.53 bits per heavy atom. The largest absolute Gasteiger partial charge is 0.484 e. The van der Waals surface area contributed by atoms with Crippen molar-refractivity contribution in [3.8, 4) is 5.75 Å². The van der Waals surface area contributed by atoms with Crippen molar-refractivity contribution in [1.29, 1.82) is 0 Å². The first kappa shape index (κ1) is 21.1. The smallest absolute Gasteiger partial charge is 0.262 e. The van der Waals surface area contributed by atoms with Gasteiger partial charge >= 0.3 is 0 Å². The van der Waals surface area contributed by atoms with Gasteiger partial charge in [-0.1, -0.05) is 36.4 Å². The lowest BCUT2D eigenvalue weighted by Crippen LogP contribution is -2.26. The van der Waals surface area contributed by atoms with Crippen molar-refractivity contribution in [1.82, 2.24) is 5.32 Å². The van der Waals surface area contributed by atoms with Crippen molar-refractivity contribution < 1.29 is 14.3 Å². The third kappa shape index (κ3) is 5.95. The van der Waals surface area contributed by atoms with Gasteiger partial charge in [0.25, 0.3) is 11.8 Å². The Morgan fingerprint density at radius 1 is 0.900 bits per heavy atom. The maximum absolute atomic E-state index is 12.5. The number of hydrogen-bond acceptors (Lipinski definition) is 3. The molecule has 0 bridgehead atoms. The Labute approximate surface area is 177 Å². The Morgan fingerprint density at radius 3 is 2.17 bits per heavy atom. The summed E-state index contributed by atoms with van der Waals surface area (Å²) in [7, 11) is 0. The number of aryl methyl sites for hydroxylation is 2. The number of carbonyl (C=O) groups excluding carboxylic acids is 2. The van der Waals surface area contributed by atoms with Gasteiger partial charge in [0.15, 0.2) is 6.61 Å². The van der Waals surface area contributed by atoms with Gasteiger partial charge in [-0.2, -0.15) is 0 Å². The average Bonchev–Trinajstić information content (AvgIpc) is 2.72. The molecular weight excluding hydrogens is 376 g/mol. The van der Waals surface area contributed by atoms with Gasteiger partial charge in [0.05, 0.1) is 6.04 Å². The van der Waals surface area contributed by atoms with E-state index in [1.165, 1.54) is 0 Å². The first-order valence-corrected chi connectivity index (χ1v) is 9.87. The maximum atomic E-state index is 12.5. The van der Waals surface area contributed by atoms with Crippen LogP contribution < -0.4 is 15.4 Å². The number of amides is 2. The van der Waals surface area contributed by atoms with Crippen molar-refractivity contribution in [3.63, 3.8) is 0 Å². The van der Waals surface area contributed by atoms with E-state index in [1.54, 1.807) is 24.3 Å². The zero-order valence-electron chi connectivity index (χ0n) is 17.4. The first-order chi connectivity index (χ1) is 14.4. The van der Waals surface area contributed by atoms with Gasteiger partial charge in [-0.15, -0.1) is 0 Å². The fraction of sp³-hybridized carbons (Fsp3) is 0.200. The van der Waals surface area contributed by atoms with Gasteiger partial charge in [0.2, 0.25) is 0 Å². The minimum absolute atomic E-state index is 0.0836. The quantitative estimate of drug-likeness (QED) is 0.596. The van der Waals surface area contributed by atoms with Crippen molar-refractivity contribution >= 4 is 17.5 Å². The zero-order valence-corrected chi connectivity index (χ0v) is 17.4. The molecule has 154 valence electrons. The molecule has 0 fully saturated rings. The molecular formula is C25H26N2O3. The van der Waals surface area contributed by atoms with Crippen LogP contribution in [0.4, 0.5) is 5.69 Å². The van der Waals surface area contributed by atoms with E-state index in [0.29, 0.717) is 17.0 Å². The van der Waals surface area contributed by atoms with Gasteiger partial charge in [-0.05, 0) is 73.9 Å². The zero-order chi connectivity index (χ0) is 21.5. The average molecular weight is 402 g/mol. The number of hydrogen-bond donors (Lipinski definition) is 2. The molecule has 2 amide bonds. The maximum Gasteiger partial charge on any atom is 0.262 e. The number of carbonyl (C=O) groups is 2. The van der Waals surface area contributed by atoms with E-state index >= 15 is 0 Å². The molecule has 0 aliphatic heterocycles. The fourth-order valence-electron chi connectivity index (χ4n) is 3.17. The van der Waals surface area contributed by atoms with E-state index in [0.717, 1.165) is 16.7 Å². The van der Waals surface area contributed by atoms with Gasteiger partial charge < -0.3 is 15.4 Å². The summed E-state index contributed by atoms with van der Waals surface area (Å²) in [5.41, 5.74) is 4.35. The molecule has 0 aliphatic rings. The molecule has 0 spiro atoms. The molecule has 3 aromatic carbocycles. The summed E-state index contributed by atoms with van der Waals surface area (Å²) in [6.07, 6.45) is 0. The van der Waals surface area contributed by atoms with Crippen LogP contribution in [-0.4, -0.2) is 18.4 Å². The van der Waals surface area contributed by atoms with Crippen LogP contribution in [0.5, 0.6) is 5.75 Å². The summed E-state index contributed by atoms with van der Waals surface area (Å²) >= 11 is 0. The molecule has 1 unspecified atom stereocenters. The number of ether oxygens (including phenoxy) is 1. The second-order valence-electron chi connectivity index (χ2n) is 7.34. The Bertz CT molecular complexity index is 994. The molecule has 1 atom stereocenters. The minimum Gasteiger partial charge on any atom is -0.484 e. The highest BCUT2D eigenvalue weighted by Gasteiger charge is 2.12. The summed E-state index contributed by atoms with van der Waals surface area (Å²) in [6, 6.07) is 22.3. The highest BCUT2D eigenvalue weighted by atomic mass is 16.5. The lowest BCUT2D eigenvalue weighted by Gasteiger charge is -2.14. The fourth-order valence-corrected chi connectivity index (χ4v) is 3.17. The van der Waals surface area contributed by atoms with Crippen molar-refractivity contribution in [2.75, 3.05) is 11.9 Å². The van der Waals surface area contributed by atoms with Crippen LogP contribution in [0.25, 0.3) is 0 Å². The van der Waals surface area contributed by atoms with Gasteiger partial charge in [0, 0.05) is 11.3 Å². The van der Waals surface area contributed by atoms with Crippen LogP contribution in [0.3, 0.4) is 0 Å². The monoisotopic (exact) mass is 402 g/mol. The number of anilines is 1. The molecule has 2 N–H and O–H groups in total. The summed E-state index contributed by atoms with van der Waals surface area (Å²) in [5.74, 6) is 0.244. The third-order valence-corrected chi connectivity index (χ3v) is 4.64. The Balaban J connectivity index is 1.52. The van der Waals surface area contributed by atoms with Crippen LogP contribution in [0.15, 0.2) is 72.8 Å². The molecule has 0 aromatic heterocycles. The van der Waals surface area contributed by atoms with E-state index in [2.05, 4.69) is 10.6 Å². The Hall–Kier alpha value is -3.60. The molecule has 0 radical (unpaired) electrons. The van der Waals surface area contributed by atoms with Crippen LogP contribution in [0, 0.1) is 13.8 Å². The SMILES string of the molecule is Cc1cc(C)cc(OCC(=O)Nc2ccc(C(=O)NC(C)c3ccccc3)cc2)c1. The van der Waals surface area contributed by atoms with Crippen LogP contribution >= 0.6 is 0 Å². The highest BCUT2D eigenvalue weighted by Crippen LogP contribution is 2.17. The molecule has 0 heterocycles. The molecule has 5 heteroatoms. The molecule has 0 saturated heterocycles. The summed E-state index contributed by atoms with van der Waals surface area (Å²) in [6.45, 7) is 5.83. The van der Waals surface area contributed by atoms with E-state index in [4.69, 9.17) is 4.74 Å². The minimum atomic E-state index is -0.260. The van der Waals surface area contributed by atoms with Crippen LogP contribution in [0.2, 0.25) is 0 Å². The van der Waals surface area contributed by atoms with Gasteiger partial charge in [-0.25, -0.2) is 0 Å². The number of benzene rings is 3. The van der Waals surface area contributed by atoms with Crippen LogP contribution in [0.1, 0.15) is 40.0 Å². The Kier molecular flexibility index (Phi) is 6.86. The highest BCUT2D eigenvalue weighted by molar-refractivity contribution is 5.96. The molecule has 5 nitrogen and oxygen atoms in total. The second-order valence-corrected chi connectivity index (χ2v) is 7.34.